The Bertz CT molecular complexity index is 236. The van der Waals surface area contributed by atoms with Crippen molar-refractivity contribution in [1.82, 2.24) is 4.90 Å². The summed E-state index contributed by atoms with van der Waals surface area (Å²) in [7, 11) is 0. The Morgan fingerprint density at radius 1 is 1.38 bits per heavy atom. The Kier molecular flexibility index (Phi) is 3.98. The summed E-state index contributed by atoms with van der Waals surface area (Å²) in [5.74, 6) is 0. The van der Waals surface area contributed by atoms with Crippen LogP contribution in [0.25, 0.3) is 0 Å². The molecule has 1 unspecified atom stereocenters. The van der Waals surface area contributed by atoms with Crippen LogP contribution in [0.3, 0.4) is 0 Å². The van der Waals surface area contributed by atoms with Gasteiger partial charge in [0.15, 0.2) is 0 Å². The highest BCUT2D eigenvalue weighted by molar-refractivity contribution is 5.60. The maximum absolute atomic E-state index is 11.4. The van der Waals surface area contributed by atoms with E-state index in [1.807, 2.05) is 0 Å². The molecule has 3 nitrogen and oxygen atoms in total. The first kappa shape index (κ1) is 12.1. The van der Waals surface area contributed by atoms with Crippen molar-refractivity contribution < 1.29 is 9.53 Å². The van der Waals surface area contributed by atoms with Crippen molar-refractivity contribution in [3.05, 3.63) is 0 Å². The summed E-state index contributed by atoms with van der Waals surface area (Å²) in [6, 6.07) is 0.465. The zero-order chi connectivity index (χ0) is 11.4. The minimum atomic E-state index is -0.0517. The summed E-state index contributed by atoms with van der Waals surface area (Å²) >= 11 is 0. The van der Waals surface area contributed by atoms with Crippen LogP contribution in [0.1, 0.15) is 39.0 Å². The van der Waals surface area contributed by atoms with E-state index in [1.54, 1.807) is 0 Å². The van der Waals surface area contributed by atoms with E-state index in [9.17, 15) is 4.79 Å². The predicted molar refractivity (Wildman–Crippen MR) is 63.4 cm³/mol. The molecule has 0 spiro atoms. The Morgan fingerprint density at radius 2 is 2.12 bits per heavy atom. The van der Waals surface area contributed by atoms with Crippen LogP contribution in [0.4, 0.5) is 0 Å². The topological polar surface area (TPSA) is 29.5 Å². The molecule has 2 aliphatic rings. The quantitative estimate of drug-likeness (QED) is 0.687. The van der Waals surface area contributed by atoms with E-state index in [0.717, 1.165) is 39.1 Å². The summed E-state index contributed by atoms with van der Waals surface area (Å²) in [5.41, 5.74) is -0.0517. The van der Waals surface area contributed by atoms with Crippen LogP contribution in [0.15, 0.2) is 0 Å². The smallest absolute Gasteiger partial charge is 0.127 e. The molecule has 0 radical (unpaired) electrons. The molecule has 16 heavy (non-hydrogen) atoms. The van der Waals surface area contributed by atoms with Crippen molar-refractivity contribution in [2.24, 2.45) is 5.41 Å². The van der Waals surface area contributed by atoms with Crippen LogP contribution >= 0.6 is 0 Å². The van der Waals surface area contributed by atoms with Gasteiger partial charge in [0.1, 0.15) is 6.29 Å². The number of nitrogens with zero attached hydrogens (tertiary/aromatic N) is 1. The number of carbonyl (C=O) groups excluding carboxylic acids is 1. The lowest BCUT2D eigenvalue weighted by atomic mass is 9.74. The molecule has 0 amide bonds. The van der Waals surface area contributed by atoms with Gasteiger partial charge in [-0.25, -0.2) is 0 Å². The lowest BCUT2D eigenvalue weighted by Gasteiger charge is -2.41. The average Bonchev–Trinajstić information content (AvgIpc) is 2.33. The Hall–Kier alpha value is -0.410. The second-order valence-electron chi connectivity index (χ2n) is 5.44. The van der Waals surface area contributed by atoms with Crippen LogP contribution in [-0.4, -0.2) is 43.5 Å². The van der Waals surface area contributed by atoms with Gasteiger partial charge >= 0.3 is 0 Å². The fourth-order valence-electron chi connectivity index (χ4n) is 2.97. The maximum Gasteiger partial charge on any atom is 0.127 e. The van der Waals surface area contributed by atoms with Crippen LogP contribution in [0.5, 0.6) is 0 Å². The average molecular weight is 225 g/mol. The van der Waals surface area contributed by atoms with E-state index in [-0.39, 0.29) is 5.41 Å². The molecule has 0 bridgehead atoms. The highest BCUT2D eigenvalue weighted by atomic mass is 16.5. The summed E-state index contributed by atoms with van der Waals surface area (Å²) in [6.45, 7) is 5.76. The molecule has 0 N–H and O–H groups in total. The van der Waals surface area contributed by atoms with Gasteiger partial charge in [-0.3, -0.25) is 4.90 Å². The number of rotatable bonds is 3. The van der Waals surface area contributed by atoms with Crippen molar-refractivity contribution in [1.29, 1.82) is 0 Å². The lowest BCUT2D eigenvalue weighted by molar-refractivity contribution is -0.121. The Balaban J connectivity index is 1.96. The number of hydrogen-bond acceptors (Lipinski definition) is 3. The zero-order valence-electron chi connectivity index (χ0n) is 10.3. The van der Waals surface area contributed by atoms with Crippen molar-refractivity contribution in [2.45, 2.75) is 45.1 Å². The van der Waals surface area contributed by atoms with E-state index in [0.29, 0.717) is 6.04 Å². The second-order valence-corrected chi connectivity index (χ2v) is 5.44. The van der Waals surface area contributed by atoms with E-state index >= 15 is 0 Å². The summed E-state index contributed by atoms with van der Waals surface area (Å²) in [5, 5.41) is 0. The van der Waals surface area contributed by atoms with Gasteiger partial charge in [0.25, 0.3) is 0 Å². The van der Waals surface area contributed by atoms with Crippen LogP contribution in [-0.2, 0) is 9.53 Å². The summed E-state index contributed by atoms with van der Waals surface area (Å²) < 4.78 is 5.44. The lowest BCUT2D eigenvalue weighted by Crippen LogP contribution is -2.49. The van der Waals surface area contributed by atoms with Gasteiger partial charge < -0.3 is 9.53 Å². The molecule has 1 aliphatic heterocycles. The molecule has 3 heteroatoms. The second kappa shape index (κ2) is 5.28. The monoisotopic (exact) mass is 225 g/mol. The third kappa shape index (κ3) is 2.64. The molecular formula is C13H23NO2. The third-order valence-corrected chi connectivity index (χ3v) is 4.12. The minimum Gasteiger partial charge on any atom is -0.379 e. The molecule has 1 heterocycles. The van der Waals surface area contributed by atoms with Crippen LogP contribution < -0.4 is 0 Å². The number of hydrogen-bond donors (Lipinski definition) is 0. The first-order valence-electron chi connectivity index (χ1n) is 6.54. The highest BCUT2D eigenvalue weighted by Crippen LogP contribution is 2.35. The molecule has 92 valence electrons. The Labute approximate surface area is 98.1 Å². The molecule has 0 aromatic heterocycles. The van der Waals surface area contributed by atoms with E-state index in [4.69, 9.17) is 4.74 Å². The van der Waals surface area contributed by atoms with Crippen molar-refractivity contribution in [3.8, 4) is 0 Å². The number of aldehydes is 1. The molecule has 1 atom stereocenters. The van der Waals surface area contributed by atoms with Gasteiger partial charge in [0.05, 0.1) is 13.2 Å². The molecule has 0 aromatic carbocycles. The van der Waals surface area contributed by atoms with Gasteiger partial charge in [0, 0.05) is 24.5 Å². The SMILES string of the molecule is CC1COCCN1CC1(C=O)CCCCC1. The van der Waals surface area contributed by atoms with Gasteiger partial charge in [-0.05, 0) is 19.8 Å². The first-order chi connectivity index (χ1) is 7.76. The predicted octanol–water partition coefficient (Wildman–Crippen LogP) is 1.86. The molecule has 2 rings (SSSR count). The fourth-order valence-corrected chi connectivity index (χ4v) is 2.97. The van der Waals surface area contributed by atoms with Gasteiger partial charge in [-0.15, -0.1) is 0 Å². The van der Waals surface area contributed by atoms with E-state index < -0.39 is 0 Å². The molecular weight excluding hydrogens is 202 g/mol. The van der Waals surface area contributed by atoms with Crippen LogP contribution in [0.2, 0.25) is 0 Å². The minimum absolute atomic E-state index is 0.0517. The fraction of sp³-hybridized carbons (Fsp3) is 0.923. The van der Waals surface area contributed by atoms with Gasteiger partial charge in [-0.2, -0.15) is 0 Å². The standard InChI is InChI=1S/C13H23NO2/c1-12-9-16-8-7-14(12)10-13(11-15)5-3-2-4-6-13/h11-12H,2-10H2,1H3. The number of morpholine rings is 1. The molecule has 1 saturated carbocycles. The Morgan fingerprint density at radius 3 is 2.75 bits per heavy atom. The summed E-state index contributed by atoms with van der Waals surface area (Å²) in [4.78, 5) is 13.8. The van der Waals surface area contributed by atoms with Crippen LogP contribution in [0, 0.1) is 5.41 Å². The van der Waals surface area contributed by atoms with Crippen molar-refractivity contribution in [3.63, 3.8) is 0 Å². The normalized spacial score (nSPS) is 31.2. The first-order valence-corrected chi connectivity index (χ1v) is 6.54. The largest absolute Gasteiger partial charge is 0.379 e. The molecule has 2 fully saturated rings. The zero-order valence-corrected chi connectivity index (χ0v) is 10.3. The van der Waals surface area contributed by atoms with Crippen molar-refractivity contribution >= 4 is 6.29 Å². The number of ether oxygens (including phenoxy) is 1. The highest BCUT2D eigenvalue weighted by Gasteiger charge is 2.35. The summed E-state index contributed by atoms with van der Waals surface area (Å²) in [6.07, 6.45) is 7.14. The van der Waals surface area contributed by atoms with Crippen molar-refractivity contribution in [2.75, 3.05) is 26.3 Å². The van der Waals surface area contributed by atoms with Gasteiger partial charge in [0.2, 0.25) is 0 Å². The van der Waals surface area contributed by atoms with E-state index in [1.165, 1.54) is 25.5 Å². The molecule has 1 saturated heterocycles. The van der Waals surface area contributed by atoms with Gasteiger partial charge in [-0.1, -0.05) is 19.3 Å². The van der Waals surface area contributed by atoms with E-state index in [2.05, 4.69) is 11.8 Å². The molecule has 1 aliphatic carbocycles. The third-order valence-electron chi connectivity index (χ3n) is 4.12. The molecule has 0 aromatic rings. The maximum atomic E-state index is 11.4. The number of carbonyl (C=O) groups is 1.